The van der Waals surface area contributed by atoms with E-state index < -0.39 is 0 Å². The predicted molar refractivity (Wildman–Crippen MR) is 72.7 cm³/mol. The lowest BCUT2D eigenvalue weighted by molar-refractivity contribution is 0.502. The lowest BCUT2D eigenvalue weighted by Gasteiger charge is -1.97. The maximum Gasteiger partial charge on any atom is 0.108 e. The SMILES string of the molecule is C=C/C(=C\c1c(C)oc(C)c1C)CC.CC. The Bertz CT molecular complexity index is 367. The normalized spacial score (nSPS) is 10.8. The number of furan rings is 1. The summed E-state index contributed by atoms with van der Waals surface area (Å²) in [6, 6.07) is 0. The van der Waals surface area contributed by atoms with Crippen molar-refractivity contribution in [2.45, 2.75) is 48.0 Å². The van der Waals surface area contributed by atoms with Crippen LogP contribution < -0.4 is 0 Å². The lowest BCUT2D eigenvalue weighted by atomic mass is 10.1. The summed E-state index contributed by atoms with van der Waals surface area (Å²) in [5.41, 5.74) is 3.69. The summed E-state index contributed by atoms with van der Waals surface area (Å²) in [6.45, 7) is 16.0. The van der Waals surface area contributed by atoms with E-state index in [-0.39, 0.29) is 0 Å². The Morgan fingerprint density at radius 3 is 2.06 bits per heavy atom. The number of hydrogen-bond donors (Lipinski definition) is 0. The Balaban J connectivity index is 0.00000106. The maximum absolute atomic E-state index is 5.56. The zero-order valence-corrected chi connectivity index (χ0v) is 11.5. The van der Waals surface area contributed by atoms with Crippen LogP contribution in [0.25, 0.3) is 6.08 Å². The van der Waals surface area contributed by atoms with Gasteiger partial charge in [0, 0.05) is 5.56 Å². The van der Waals surface area contributed by atoms with E-state index in [1.807, 2.05) is 33.8 Å². The minimum Gasteiger partial charge on any atom is -0.466 e. The van der Waals surface area contributed by atoms with Crippen LogP contribution in [0, 0.1) is 20.8 Å². The van der Waals surface area contributed by atoms with Crippen LogP contribution in [0.1, 0.15) is 49.8 Å². The Hall–Kier alpha value is -1.24. The van der Waals surface area contributed by atoms with E-state index in [0.717, 1.165) is 17.9 Å². The van der Waals surface area contributed by atoms with Crippen molar-refractivity contribution < 1.29 is 4.42 Å². The highest BCUT2D eigenvalue weighted by Crippen LogP contribution is 2.24. The van der Waals surface area contributed by atoms with Gasteiger partial charge in [-0.25, -0.2) is 0 Å². The smallest absolute Gasteiger partial charge is 0.108 e. The van der Waals surface area contributed by atoms with E-state index >= 15 is 0 Å². The van der Waals surface area contributed by atoms with Gasteiger partial charge in [0.15, 0.2) is 0 Å². The highest BCUT2D eigenvalue weighted by molar-refractivity contribution is 5.61. The highest BCUT2D eigenvalue weighted by atomic mass is 16.3. The molecule has 0 N–H and O–H groups in total. The van der Waals surface area contributed by atoms with E-state index in [2.05, 4.69) is 26.5 Å². The van der Waals surface area contributed by atoms with Crippen LogP contribution in [-0.2, 0) is 0 Å². The van der Waals surface area contributed by atoms with Gasteiger partial charge < -0.3 is 4.42 Å². The van der Waals surface area contributed by atoms with Gasteiger partial charge in [-0.05, 0) is 44.4 Å². The van der Waals surface area contributed by atoms with Gasteiger partial charge >= 0.3 is 0 Å². The second-order valence-electron chi connectivity index (χ2n) is 3.53. The van der Waals surface area contributed by atoms with Crippen LogP contribution >= 0.6 is 0 Å². The van der Waals surface area contributed by atoms with Crippen molar-refractivity contribution in [3.63, 3.8) is 0 Å². The van der Waals surface area contributed by atoms with E-state index in [0.29, 0.717) is 0 Å². The topological polar surface area (TPSA) is 13.1 Å². The molecule has 1 rings (SSSR count). The molecule has 0 aliphatic rings. The van der Waals surface area contributed by atoms with Crippen molar-refractivity contribution >= 4 is 6.08 Å². The average Bonchev–Trinajstić information content (AvgIpc) is 2.54. The van der Waals surface area contributed by atoms with Gasteiger partial charge in [0.2, 0.25) is 0 Å². The molecule has 0 saturated carbocycles. The van der Waals surface area contributed by atoms with Crippen LogP contribution in [0.2, 0.25) is 0 Å². The molecule has 0 aliphatic carbocycles. The second-order valence-corrected chi connectivity index (χ2v) is 3.53. The predicted octanol–water partition coefficient (Wildman–Crippen LogP) is 5.21. The van der Waals surface area contributed by atoms with Gasteiger partial charge in [-0.2, -0.15) is 0 Å². The number of hydrogen-bond acceptors (Lipinski definition) is 1. The molecular weight excluding hydrogens is 196 g/mol. The van der Waals surface area contributed by atoms with Crippen LogP contribution in [0.5, 0.6) is 0 Å². The van der Waals surface area contributed by atoms with Crippen LogP contribution in [-0.4, -0.2) is 0 Å². The Kier molecular flexibility index (Phi) is 6.55. The molecule has 0 bridgehead atoms. The zero-order chi connectivity index (χ0) is 12.7. The standard InChI is InChI=1S/C13H18O.C2H6/c1-6-12(7-2)8-13-9(3)10(4)14-11(13)5;1-2/h6,8H,1,7H2,2-5H3;1-2H3/b12-8+;. The third kappa shape index (κ3) is 3.41. The van der Waals surface area contributed by atoms with Gasteiger partial charge in [0.25, 0.3) is 0 Å². The molecule has 1 heterocycles. The summed E-state index contributed by atoms with van der Waals surface area (Å²) in [5.74, 6) is 2.00. The minimum absolute atomic E-state index is 0.993. The molecule has 0 aliphatic heterocycles. The number of allylic oxidation sites excluding steroid dienone is 2. The van der Waals surface area contributed by atoms with Crippen molar-refractivity contribution in [1.82, 2.24) is 0 Å². The van der Waals surface area contributed by atoms with Gasteiger partial charge in [-0.3, -0.25) is 0 Å². The first-order valence-corrected chi connectivity index (χ1v) is 5.99. The fraction of sp³-hybridized carbons (Fsp3) is 0.467. The molecule has 90 valence electrons. The summed E-state index contributed by atoms with van der Waals surface area (Å²) in [7, 11) is 0. The van der Waals surface area contributed by atoms with Crippen molar-refractivity contribution in [3.05, 3.63) is 40.9 Å². The summed E-state index contributed by atoms with van der Waals surface area (Å²) in [4.78, 5) is 0. The first-order valence-electron chi connectivity index (χ1n) is 5.99. The first-order chi connectivity index (χ1) is 7.60. The lowest BCUT2D eigenvalue weighted by Crippen LogP contribution is -1.80. The van der Waals surface area contributed by atoms with E-state index in [9.17, 15) is 0 Å². The largest absolute Gasteiger partial charge is 0.466 e. The van der Waals surface area contributed by atoms with E-state index in [1.165, 1.54) is 16.7 Å². The van der Waals surface area contributed by atoms with E-state index in [1.54, 1.807) is 0 Å². The molecule has 1 nitrogen and oxygen atoms in total. The summed E-state index contributed by atoms with van der Waals surface area (Å²) in [5, 5.41) is 0. The molecule has 0 aromatic carbocycles. The molecule has 1 aromatic heterocycles. The fourth-order valence-electron chi connectivity index (χ4n) is 1.52. The third-order valence-electron chi connectivity index (χ3n) is 2.62. The minimum atomic E-state index is 0.993. The molecule has 1 heteroatoms. The van der Waals surface area contributed by atoms with Gasteiger partial charge in [0.1, 0.15) is 11.5 Å². The molecular formula is C15H24O. The Labute approximate surface area is 99.9 Å². The second kappa shape index (κ2) is 7.10. The van der Waals surface area contributed by atoms with Crippen molar-refractivity contribution in [3.8, 4) is 0 Å². The van der Waals surface area contributed by atoms with Gasteiger partial charge in [-0.15, -0.1) is 0 Å². The average molecular weight is 220 g/mol. The first kappa shape index (κ1) is 14.8. The number of aryl methyl sites for hydroxylation is 2. The maximum atomic E-state index is 5.56. The summed E-state index contributed by atoms with van der Waals surface area (Å²) in [6.07, 6.45) is 5.07. The summed E-state index contributed by atoms with van der Waals surface area (Å²) < 4.78 is 5.56. The quantitative estimate of drug-likeness (QED) is 0.637. The molecule has 0 atom stereocenters. The van der Waals surface area contributed by atoms with Crippen molar-refractivity contribution in [2.75, 3.05) is 0 Å². The Morgan fingerprint density at radius 2 is 1.75 bits per heavy atom. The molecule has 0 amide bonds. The molecule has 0 radical (unpaired) electrons. The highest BCUT2D eigenvalue weighted by Gasteiger charge is 2.08. The fourth-order valence-corrected chi connectivity index (χ4v) is 1.52. The van der Waals surface area contributed by atoms with Crippen molar-refractivity contribution in [2.24, 2.45) is 0 Å². The van der Waals surface area contributed by atoms with Gasteiger partial charge in [0.05, 0.1) is 0 Å². The van der Waals surface area contributed by atoms with Crippen LogP contribution in [0.3, 0.4) is 0 Å². The van der Waals surface area contributed by atoms with E-state index in [4.69, 9.17) is 4.42 Å². The number of rotatable bonds is 3. The monoisotopic (exact) mass is 220 g/mol. The molecule has 0 spiro atoms. The molecule has 16 heavy (non-hydrogen) atoms. The Morgan fingerprint density at radius 1 is 1.19 bits per heavy atom. The van der Waals surface area contributed by atoms with Crippen LogP contribution in [0.15, 0.2) is 22.6 Å². The molecule has 0 unspecified atom stereocenters. The zero-order valence-electron chi connectivity index (χ0n) is 11.5. The third-order valence-corrected chi connectivity index (χ3v) is 2.62. The van der Waals surface area contributed by atoms with Crippen molar-refractivity contribution in [1.29, 1.82) is 0 Å². The molecule has 1 aromatic rings. The molecule has 0 saturated heterocycles. The molecule has 0 fully saturated rings. The summed E-state index contributed by atoms with van der Waals surface area (Å²) >= 11 is 0. The van der Waals surface area contributed by atoms with Gasteiger partial charge in [-0.1, -0.05) is 33.4 Å². The van der Waals surface area contributed by atoms with Crippen LogP contribution in [0.4, 0.5) is 0 Å².